The van der Waals surface area contributed by atoms with Gasteiger partial charge < -0.3 is 25.6 Å². The van der Waals surface area contributed by atoms with Crippen LogP contribution in [0, 0.1) is 5.82 Å². The largest absolute Gasteiger partial charge is 0.497 e. The molecular weight excluding hydrogens is 373 g/mol. The molecule has 2 aromatic rings. The number of nitrogens with two attached hydrogens (primary N) is 1. The zero-order valence-corrected chi connectivity index (χ0v) is 16.5. The van der Waals surface area contributed by atoms with Crippen LogP contribution in [0.15, 0.2) is 53.5 Å². The number of aliphatic imine (C=N–C) groups is 1. The molecule has 0 radical (unpaired) electrons. The molecule has 3 N–H and O–H groups in total. The number of nitrogens with zero attached hydrogens (tertiary/aromatic N) is 3. The van der Waals surface area contributed by atoms with Gasteiger partial charge in [0.1, 0.15) is 11.6 Å². The highest BCUT2D eigenvalue weighted by Gasteiger charge is 2.20. The normalized spacial score (nSPS) is 14.6. The average molecular weight is 399 g/mol. The Balaban J connectivity index is 1.42. The Labute approximate surface area is 170 Å². The summed E-state index contributed by atoms with van der Waals surface area (Å²) in [4.78, 5) is 20.6. The summed E-state index contributed by atoms with van der Waals surface area (Å²) in [7, 11) is 1.60. The molecule has 0 aromatic heterocycles. The zero-order valence-electron chi connectivity index (χ0n) is 16.5. The molecule has 2 aromatic carbocycles. The fourth-order valence-electron chi connectivity index (χ4n) is 3.18. The van der Waals surface area contributed by atoms with E-state index in [4.69, 9.17) is 10.5 Å². The van der Waals surface area contributed by atoms with Gasteiger partial charge >= 0.3 is 0 Å². The van der Waals surface area contributed by atoms with E-state index in [0.29, 0.717) is 26.1 Å². The van der Waals surface area contributed by atoms with Crippen molar-refractivity contribution in [1.29, 1.82) is 0 Å². The molecule has 7 nitrogen and oxygen atoms in total. The number of benzene rings is 2. The second-order valence-electron chi connectivity index (χ2n) is 6.72. The molecule has 0 aliphatic carbocycles. The van der Waals surface area contributed by atoms with Crippen LogP contribution in [-0.2, 0) is 4.79 Å². The molecule has 1 fully saturated rings. The van der Waals surface area contributed by atoms with Gasteiger partial charge in [-0.25, -0.2) is 4.39 Å². The molecule has 0 unspecified atom stereocenters. The molecular formula is C21H26FN5O2. The van der Waals surface area contributed by atoms with Crippen molar-refractivity contribution in [3.63, 3.8) is 0 Å². The highest BCUT2D eigenvalue weighted by Crippen LogP contribution is 2.18. The Morgan fingerprint density at radius 3 is 2.59 bits per heavy atom. The number of guanidine groups is 1. The van der Waals surface area contributed by atoms with Gasteiger partial charge in [0.2, 0.25) is 5.91 Å². The summed E-state index contributed by atoms with van der Waals surface area (Å²) in [6.07, 6.45) is 0.303. The van der Waals surface area contributed by atoms with Gasteiger partial charge in [-0.15, -0.1) is 0 Å². The molecule has 0 spiro atoms. The van der Waals surface area contributed by atoms with Crippen LogP contribution in [0.3, 0.4) is 0 Å². The first-order valence-corrected chi connectivity index (χ1v) is 9.54. The molecule has 1 amide bonds. The minimum Gasteiger partial charge on any atom is -0.497 e. The standard InChI is InChI=1S/C21H26FN5O2/c1-29-19-4-2-3-17(15-19)25-21(23)24-10-9-20(28)27-13-11-26(12-14-27)18-7-5-16(22)6-8-18/h2-8,15H,9-14H2,1H3,(H3,23,24,25). The summed E-state index contributed by atoms with van der Waals surface area (Å²) in [6.45, 7) is 3.04. The first-order valence-electron chi connectivity index (χ1n) is 9.54. The lowest BCUT2D eigenvalue weighted by Gasteiger charge is -2.36. The Morgan fingerprint density at radius 2 is 1.90 bits per heavy atom. The van der Waals surface area contributed by atoms with Gasteiger partial charge in [0.15, 0.2) is 5.96 Å². The van der Waals surface area contributed by atoms with Crippen molar-refractivity contribution in [2.24, 2.45) is 10.7 Å². The number of nitrogens with one attached hydrogen (secondary N) is 1. The summed E-state index contributed by atoms with van der Waals surface area (Å²) >= 11 is 0. The van der Waals surface area contributed by atoms with E-state index in [-0.39, 0.29) is 17.7 Å². The second-order valence-corrected chi connectivity index (χ2v) is 6.72. The molecule has 0 bridgehead atoms. The van der Waals surface area contributed by atoms with Crippen molar-refractivity contribution in [1.82, 2.24) is 4.90 Å². The molecule has 3 rings (SSSR count). The van der Waals surface area contributed by atoms with Crippen LogP contribution >= 0.6 is 0 Å². The number of amides is 1. The molecule has 1 aliphatic rings. The Bertz CT molecular complexity index is 848. The Kier molecular flexibility index (Phi) is 6.89. The molecule has 29 heavy (non-hydrogen) atoms. The summed E-state index contributed by atoms with van der Waals surface area (Å²) in [5, 5.41) is 2.99. The number of hydrogen-bond donors (Lipinski definition) is 2. The van der Waals surface area contributed by atoms with Gasteiger partial charge in [0, 0.05) is 50.0 Å². The number of methoxy groups -OCH3 is 1. The quantitative estimate of drug-likeness (QED) is 0.575. The van der Waals surface area contributed by atoms with E-state index in [1.807, 2.05) is 29.2 Å². The van der Waals surface area contributed by atoms with E-state index in [0.717, 1.165) is 30.2 Å². The molecule has 0 atom stereocenters. The summed E-state index contributed by atoms with van der Waals surface area (Å²) in [6, 6.07) is 13.8. The lowest BCUT2D eigenvalue weighted by molar-refractivity contribution is -0.131. The van der Waals surface area contributed by atoms with Crippen molar-refractivity contribution >= 4 is 23.2 Å². The van der Waals surface area contributed by atoms with Crippen molar-refractivity contribution < 1.29 is 13.9 Å². The number of ether oxygens (including phenoxy) is 1. The Morgan fingerprint density at radius 1 is 1.17 bits per heavy atom. The zero-order chi connectivity index (χ0) is 20.6. The van der Waals surface area contributed by atoms with Crippen molar-refractivity contribution in [3.8, 4) is 5.75 Å². The number of hydrogen-bond acceptors (Lipinski definition) is 4. The fourth-order valence-corrected chi connectivity index (χ4v) is 3.18. The van der Waals surface area contributed by atoms with Gasteiger partial charge in [-0.3, -0.25) is 9.79 Å². The lowest BCUT2D eigenvalue weighted by Crippen LogP contribution is -2.48. The van der Waals surface area contributed by atoms with Crippen molar-refractivity contribution in [2.75, 3.05) is 50.1 Å². The molecule has 8 heteroatoms. The molecule has 1 aliphatic heterocycles. The van der Waals surface area contributed by atoms with Crippen molar-refractivity contribution in [3.05, 3.63) is 54.3 Å². The number of piperazine rings is 1. The smallest absolute Gasteiger partial charge is 0.224 e. The first-order chi connectivity index (χ1) is 14.0. The maximum atomic E-state index is 13.1. The summed E-state index contributed by atoms with van der Waals surface area (Å²) < 4.78 is 18.2. The number of rotatable bonds is 6. The number of carbonyl (C=O) groups excluding carboxylic acids is 1. The highest BCUT2D eigenvalue weighted by molar-refractivity contribution is 5.92. The third-order valence-electron chi connectivity index (χ3n) is 4.77. The van der Waals surface area contributed by atoms with Gasteiger partial charge in [-0.1, -0.05) is 6.07 Å². The SMILES string of the molecule is COc1cccc(NC(N)=NCCC(=O)N2CCN(c3ccc(F)cc3)CC2)c1. The van der Waals surface area contributed by atoms with E-state index in [1.54, 1.807) is 19.2 Å². The predicted molar refractivity (Wildman–Crippen MR) is 113 cm³/mol. The van der Waals surface area contributed by atoms with Crippen LogP contribution in [-0.4, -0.2) is 56.6 Å². The minimum atomic E-state index is -0.247. The minimum absolute atomic E-state index is 0.0571. The van der Waals surface area contributed by atoms with Crippen LogP contribution in [0.4, 0.5) is 15.8 Å². The van der Waals surface area contributed by atoms with Crippen LogP contribution in [0.5, 0.6) is 5.75 Å². The van der Waals surface area contributed by atoms with Gasteiger partial charge in [0.05, 0.1) is 13.7 Å². The third-order valence-corrected chi connectivity index (χ3v) is 4.77. The lowest BCUT2D eigenvalue weighted by atomic mass is 10.2. The maximum absolute atomic E-state index is 13.1. The van der Waals surface area contributed by atoms with Crippen LogP contribution in [0.25, 0.3) is 0 Å². The predicted octanol–water partition coefficient (Wildman–Crippen LogP) is 2.30. The van der Waals surface area contributed by atoms with Crippen LogP contribution in [0.2, 0.25) is 0 Å². The maximum Gasteiger partial charge on any atom is 0.224 e. The molecule has 0 saturated carbocycles. The second kappa shape index (κ2) is 9.77. The topological polar surface area (TPSA) is 83.2 Å². The first kappa shape index (κ1) is 20.4. The number of anilines is 2. The van der Waals surface area contributed by atoms with Gasteiger partial charge in [0.25, 0.3) is 0 Å². The highest BCUT2D eigenvalue weighted by atomic mass is 19.1. The van der Waals surface area contributed by atoms with E-state index >= 15 is 0 Å². The van der Waals surface area contributed by atoms with Gasteiger partial charge in [-0.05, 0) is 36.4 Å². The van der Waals surface area contributed by atoms with Crippen molar-refractivity contribution in [2.45, 2.75) is 6.42 Å². The summed E-state index contributed by atoms with van der Waals surface area (Å²) in [5.74, 6) is 0.787. The molecule has 154 valence electrons. The molecule has 1 heterocycles. The van der Waals surface area contributed by atoms with E-state index in [2.05, 4.69) is 15.2 Å². The molecule has 1 saturated heterocycles. The fraction of sp³-hybridized carbons (Fsp3) is 0.333. The average Bonchev–Trinajstić information content (AvgIpc) is 2.74. The monoisotopic (exact) mass is 399 g/mol. The van der Waals surface area contributed by atoms with Gasteiger partial charge in [-0.2, -0.15) is 0 Å². The van der Waals surface area contributed by atoms with E-state index in [9.17, 15) is 9.18 Å². The number of halogens is 1. The third kappa shape index (κ3) is 5.84. The number of carbonyl (C=O) groups is 1. The van der Waals surface area contributed by atoms with E-state index in [1.165, 1.54) is 12.1 Å². The van der Waals surface area contributed by atoms with Crippen LogP contribution < -0.4 is 20.7 Å². The van der Waals surface area contributed by atoms with Crippen LogP contribution in [0.1, 0.15) is 6.42 Å². The Hall–Kier alpha value is -3.29. The summed E-state index contributed by atoms with van der Waals surface area (Å²) in [5.41, 5.74) is 7.64. The van der Waals surface area contributed by atoms with E-state index < -0.39 is 0 Å².